The number of furan rings is 1. The lowest BCUT2D eigenvalue weighted by Crippen LogP contribution is -2.61. The van der Waals surface area contributed by atoms with Gasteiger partial charge in [-0.15, -0.1) is 0 Å². The number of benzene rings is 6. The molecular formula is C59H63BN2O. The van der Waals surface area contributed by atoms with Crippen molar-refractivity contribution < 1.29 is 4.42 Å². The zero-order valence-corrected chi connectivity index (χ0v) is 39.7. The first kappa shape index (κ1) is 40.3. The number of hydrogen-bond acceptors (Lipinski definition) is 3. The lowest BCUT2D eigenvalue weighted by Gasteiger charge is -2.46. The molecule has 2 aliphatic carbocycles. The Bertz CT molecular complexity index is 2990. The van der Waals surface area contributed by atoms with Crippen LogP contribution in [0.3, 0.4) is 0 Å². The van der Waals surface area contributed by atoms with Crippen molar-refractivity contribution in [2.75, 3.05) is 9.80 Å². The number of aryl methyl sites for hydroxylation is 1. The molecule has 6 aromatic carbocycles. The molecule has 0 amide bonds. The van der Waals surface area contributed by atoms with Crippen LogP contribution in [-0.4, -0.2) is 6.71 Å². The smallest absolute Gasteiger partial charge is 0.297 e. The summed E-state index contributed by atoms with van der Waals surface area (Å²) in [5.74, 6) is 0. The van der Waals surface area contributed by atoms with E-state index in [1.807, 2.05) is 0 Å². The predicted molar refractivity (Wildman–Crippen MR) is 270 cm³/mol. The molecule has 2 aliphatic heterocycles. The Balaban J connectivity index is 1.24. The molecule has 0 bridgehead atoms. The minimum Gasteiger partial charge on any atom is -0.468 e. The summed E-state index contributed by atoms with van der Waals surface area (Å²) < 4.78 is 7.57. The second kappa shape index (κ2) is 13.3. The topological polar surface area (TPSA) is 19.6 Å². The molecule has 0 saturated carbocycles. The molecular weight excluding hydrogens is 763 g/mol. The Labute approximate surface area is 376 Å². The summed E-state index contributed by atoms with van der Waals surface area (Å²) in [6.07, 6.45) is 4.65. The van der Waals surface area contributed by atoms with Crippen molar-refractivity contribution in [2.45, 2.75) is 136 Å². The van der Waals surface area contributed by atoms with E-state index in [1.54, 1.807) is 0 Å². The molecule has 0 fully saturated rings. The largest absolute Gasteiger partial charge is 0.468 e. The van der Waals surface area contributed by atoms with Gasteiger partial charge in [0.1, 0.15) is 5.58 Å². The molecule has 0 N–H and O–H groups in total. The fraction of sp³-hybridized carbons (Fsp3) is 0.356. The fourth-order valence-electron chi connectivity index (χ4n) is 11.8. The van der Waals surface area contributed by atoms with Crippen LogP contribution >= 0.6 is 0 Å². The molecule has 4 heteroatoms. The molecule has 63 heavy (non-hydrogen) atoms. The van der Waals surface area contributed by atoms with E-state index < -0.39 is 0 Å². The Kier molecular flexibility index (Phi) is 8.50. The maximum Gasteiger partial charge on any atom is 0.297 e. The molecule has 0 unspecified atom stereocenters. The monoisotopic (exact) mass is 827 g/mol. The van der Waals surface area contributed by atoms with E-state index >= 15 is 0 Å². The van der Waals surface area contributed by atoms with Crippen molar-refractivity contribution in [3.63, 3.8) is 0 Å². The molecule has 318 valence electrons. The minimum atomic E-state index is -0.0953. The summed E-state index contributed by atoms with van der Waals surface area (Å²) in [5, 5.41) is 1.21. The number of rotatable bonds is 3. The first-order valence-corrected chi connectivity index (χ1v) is 23.5. The average Bonchev–Trinajstić information content (AvgIpc) is 3.61. The van der Waals surface area contributed by atoms with Crippen LogP contribution in [0, 0.1) is 6.92 Å². The molecule has 1 aromatic heterocycles. The van der Waals surface area contributed by atoms with E-state index in [0.29, 0.717) is 0 Å². The number of fused-ring (bicyclic) bond motifs is 8. The van der Waals surface area contributed by atoms with E-state index in [1.165, 1.54) is 89.3 Å². The van der Waals surface area contributed by atoms with Crippen molar-refractivity contribution in [2.24, 2.45) is 0 Å². The molecule has 0 spiro atoms. The van der Waals surface area contributed by atoms with Crippen molar-refractivity contribution in [3.05, 3.63) is 149 Å². The highest BCUT2D eigenvalue weighted by atomic mass is 16.3. The zero-order valence-electron chi connectivity index (χ0n) is 39.7. The van der Waals surface area contributed by atoms with Crippen LogP contribution < -0.4 is 26.4 Å². The highest BCUT2D eigenvalue weighted by Crippen LogP contribution is 2.53. The van der Waals surface area contributed by atoms with Crippen LogP contribution in [0.4, 0.5) is 34.1 Å². The molecule has 0 saturated heterocycles. The van der Waals surface area contributed by atoms with Crippen LogP contribution in [0.25, 0.3) is 22.1 Å². The molecule has 0 radical (unpaired) electrons. The summed E-state index contributed by atoms with van der Waals surface area (Å²) >= 11 is 0. The molecule has 0 atom stereocenters. The van der Waals surface area contributed by atoms with E-state index in [0.717, 1.165) is 42.6 Å². The van der Waals surface area contributed by atoms with Gasteiger partial charge in [0, 0.05) is 33.8 Å². The van der Waals surface area contributed by atoms with Crippen molar-refractivity contribution >= 4 is 68.4 Å². The summed E-state index contributed by atoms with van der Waals surface area (Å²) in [4.78, 5) is 5.15. The van der Waals surface area contributed by atoms with Crippen LogP contribution in [0.2, 0.25) is 0 Å². The van der Waals surface area contributed by atoms with Gasteiger partial charge in [0.2, 0.25) is 0 Å². The van der Waals surface area contributed by atoms with Gasteiger partial charge >= 0.3 is 0 Å². The molecule has 11 rings (SSSR count). The summed E-state index contributed by atoms with van der Waals surface area (Å²) in [7, 11) is 0. The van der Waals surface area contributed by atoms with E-state index in [-0.39, 0.29) is 33.8 Å². The maximum absolute atomic E-state index is 7.57. The standard InChI is InChI=1S/C59H63BN2O/c1-36-30-49-52-50(31-36)62(41-24-20-39(21-25-41)55(2,3)4)53-42-32-43-46(59(11,12)29-26-56(43,5)6)35-51(42)63-54(53)60(52)47-33-44-45(58(9,10)28-27-57(44,7)8)34-48(47)61(49)40-22-18-38(19-23-40)37-16-14-13-15-17-37/h13-25,30-35H,26-29H2,1-12H3. The Morgan fingerprint density at radius 2 is 1.02 bits per heavy atom. The van der Waals surface area contributed by atoms with Gasteiger partial charge in [0.05, 0.1) is 11.3 Å². The summed E-state index contributed by atoms with van der Waals surface area (Å²) in [6.45, 7) is 28.7. The van der Waals surface area contributed by atoms with Crippen molar-refractivity contribution in [3.8, 4) is 11.1 Å². The van der Waals surface area contributed by atoms with Crippen LogP contribution in [-0.2, 0) is 27.1 Å². The summed E-state index contributed by atoms with van der Waals surface area (Å²) in [5.41, 5.74) is 23.0. The second-order valence-corrected chi connectivity index (χ2v) is 23.2. The SMILES string of the molecule is Cc1cc2c3c(c1)N(c1ccc(C(C)(C)C)cc1)c1c(oc4cc5c(cc14)C(C)(C)CCC5(C)C)B3c1cc3c(cc1N2c1ccc(-c2ccccc2)cc1)C(C)(C)CCC3(C)C. The van der Waals surface area contributed by atoms with Gasteiger partial charge in [-0.1, -0.05) is 137 Å². The van der Waals surface area contributed by atoms with Crippen molar-refractivity contribution in [1.82, 2.24) is 0 Å². The van der Waals surface area contributed by atoms with Crippen LogP contribution in [0.5, 0.6) is 0 Å². The zero-order chi connectivity index (χ0) is 44.2. The Hall–Kier alpha value is -5.48. The molecule has 3 nitrogen and oxygen atoms in total. The molecule has 4 aliphatic rings. The van der Waals surface area contributed by atoms with Crippen molar-refractivity contribution in [1.29, 1.82) is 0 Å². The lowest BCUT2D eigenvalue weighted by atomic mass is 9.35. The predicted octanol–water partition coefficient (Wildman–Crippen LogP) is 14.5. The quantitative estimate of drug-likeness (QED) is 0.165. The van der Waals surface area contributed by atoms with Gasteiger partial charge < -0.3 is 14.2 Å². The second-order valence-electron chi connectivity index (χ2n) is 23.2. The minimum absolute atomic E-state index is 0.0424. The number of nitrogens with zero attached hydrogens (tertiary/aromatic N) is 2. The van der Waals surface area contributed by atoms with Gasteiger partial charge in [-0.05, 0) is 170 Å². The average molecular weight is 827 g/mol. The third-order valence-electron chi connectivity index (χ3n) is 16.0. The van der Waals surface area contributed by atoms with Gasteiger partial charge in [-0.25, -0.2) is 0 Å². The highest BCUT2D eigenvalue weighted by molar-refractivity contribution is 7.00. The van der Waals surface area contributed by atoms with Crippen LogP contribution in [0.15, 0.2) is 120 Å². The Morgan fingerprint density at radius 3 is 1.60 bits per heavy atom. The highest BCUT2D eigenvalue weighted by Gasteiger charge is 2.49. The summed E-state index contributed by atoms with van der Waals surface area (Å²) in [6, 6.07) is 44.5. The fourth-order valence-corrected chi connectivity index (χ4v) is 11.8. The lowest BCUT2D eigenvalue weighted by molar-refractivity contribution is 0.332. The first-order chi connectivity index (χ1) is 29.7. The Morgan fingerprint density at radius 1 is 0.524 bits per heavy atom. The van der Waals surface area contributed by atoms with Gasteiger partial charge in [-0.2, -0.15) is 0 Å². The third-order valence-corrected chi connectivity index (χ3v) is 16.0. The maximum atomic E-state index is 7.57. The molecule has 7 aromatic rings. The van der Waals surface area contributed by atoms with Gasteiger partial charge in [0.25, 0.3) is 6.71 Å². The van der Waals surface area contributed by atoms with Gasteiger partial charge in [-0.3, -0.25) is 0 Å². The number of hydrogen-bond donors (Lipinski definition) is 0. The van der Waals surface area contributed by atoms with E-state index in [4.69, 9.17) is 4.42 Å². The third kappa shape index (κ3) is 6.06. The molecule has 3 heterocycles. The first-order valence-electron chi connectivity index (χ1n) is 23.5. The van der Waals surface area contributed by atoms with E-state index in [2.05, 4.69) is 208 Å². The van der Waals surface area contributed by atoms with Crippen LogP contribution in [0.1, 0.15) is 135 Å². The number of anilines is 6. The normalized spacial score (nSPS) is 18.6. The van der Waals surface area contributed by atoms with E-state index in [9.17, 15) is 0 Å². The van der Waals surface area contributed by atoms with Gasteiger partial charge in [0.15, 0.2) is 0 Å².